The van der Waals surface area contributed by atoms with Crippen molar-refractivity contribution in [3.8, 4) is 0 Å². The maximum Gasteiger partial charge on any atom is 0.410 e. The van der Waals surface area contributed by atoms with E-state index in [-0.39, 0.29) is 12.3 Å². The largest absolute Gasteiger partial charge is 0.475 e. The molecule has 1 N–H and O–H groups in total. The summed E-state index contributed by atoms with van der Waals surface area (Å²) in [6, 6.07) is 2.90. The highest BCUT2D eigenvalue weighted by molar-refractivity contribution is 5.84. The van der Waals surface area contributed by atoms with Crippen LogP contribution in [0.5, 0.6) is 0 Å². The SMILES string of the molecule is O=C(O)c1ccc(CN2CCOC2=O)o1. The fourth-order valence-electron chi connectivity index (χ4n) is 1.34. The lowest BCUT2D eigenvalue weighted by Crippen LogP contribution is -2.23. The second-order valence-corrected chi connectivity index (χ2v) is 3.11. The van der Waals surface area contributed by atoms with Crippen LogP contribution in [0.4, 0.5) is 4.79 Å². The molecule has 0 atom stereocenters. The Labute approximate surface area is 85.0 Å². The van der Waals surface area contributed by atoms with E-state index in [9.17, 15) is 9.59 Å². The molecule has 0 saturated carbocycles. The minimum Gasteiger partial charge on any atom is -0.475 e. The topological polar surface area (TPSA) is 80.0 Å². The van der Waals surface area contributed by atoms with E-state index in [4.69, 9.17) is 14.3 Å². The van der Waals surface area contributed by atoms with Gasteiger partial charge in [-0.05, 0) is 12.1 Å². The molecule has 2 rings (SSSR count). The highest BCUT2D eigenvalue weighted by atomic mass is 16.6. The first-order valence-corrected chi connectivity index (χ1v) is 4.40. The van der Waals surface area contributed by atoms with Crippen LogP contribution in [0.25, 0.3) is 0 Å². The van der Waals surface area contributed by atoms with Gasteiger partial charge in [-0.1, -0.05) is 0 Å². The highest BCUT2D eigenvalue weighted by Crippen LogP contribution is 2.13. The molecule has 6 heteroatoms. The molecular formula is C9H9NO5. The molecule has 1 amide bonds. The maximum atomic E-state index is 11.1. The Kier molecular flexibility index (Phi) is 2.32. The van der Waals surface area contributed by atoms with Crippen LogP contribution in [0, 0.1) is 0 Å². The molecule has 0 unspecified atom stereocenters. The van der Waals surface area contributed by atoms with Crippen molar-refractivity contribution in [1.82, 2.24) is 4.90 Å². The molecule has 1 aliphatic heterocycles. The van der Waals surface area contributed by atoms with Crippen LogP contribution >= 0.6 is 0 Å². The third-order valence-electron chi connectivity index (χ3n) is 2.06. The molecule has 1 aromatic rings. The Morgan fingerprint density at radius 1 is 1.53 bits per heavy atom. The molecule has 15 heavy (non-hydrogen) atoms. The van der Waals surface area contributed by atoms with Gasteiger partial charge in [0.1, 0.15) is 12.4 Å². The van der Waals surface area contributed by atoms with Gasteiger partial charge in [0.2, 0.25) is 5.76 Å². The molecule has 0 aromatic carbocycles. The van der Waals surface area contributed by atoms with Gasteiger partial charge in [-0.15, -0.1) is 0 Å². The summed E-state index contributed by atoms with van der Waals surface area (Å²) in [6.45, 7) is 1.11. The van der Waals surface area contributed by atoms with Gasteiger partial charge in [0.05, 0.1) is 13.1 Å². The zero-order valence-electron chi connectivity index (χ0n) is 7.80. The van der Waals surface area contributed by atoms with E-state index in [2.05, 4.69) is 0 Å². The van der Waals surface area contributed by atoms with E-state index < -0.39 is 12.1 Å². The minimum absolute atomic E-state index is 0.127. The summed E-state index contributed by atoms with van der Waals surface area (Å²) < 4.78 is 9.73. The van der Waals surface area contributed by atoms with Crippen LogP contribution in [0.3, 0.4) is 0 Å². The molecule has 0 spiro atoms. The first-order valence-electron chi connectivity index (χ1n) is 4.40. The van der Waals surface area contributed by atoms with Crippen LogP contribution in [-0.4, -0.2) is 35.2 Å². The smallest absolute Gasteiger partial charge is 0.410 e. The Hall–Kier alpha value is -1.98. The second kappa shape index (κ2) is 3.64. The minimum atomic E-state index is -1.12. The highest BCUT2D eigenvalue weighted by Gasteiger charge is 2.23. The van der Waals surface area contributed by atoms with Gasteiger partial charge in [-0.2, -0.15) is 0 Å². The number of nitrogens with zero attached hydrogens (tertiary/aromatic N) is 1. The van der Waals surface area contributed by atoms with Gasteiger partial charge >= 0.3 is 12.1 Å². The van der Waals surface area contributed by atoms with E-state index in [1.807, 2.05) is 0 Å². The summed E-state index contributed by atoms with van der Waals surface area (Å²) in [6.07, 6.45) is -0.400. The van der Waals surface area contributed by atoms with Crippen molar-refractivity contribution in [2.45, 2.75) is 6.54 Å². The Bertz CT molecular complexity index is 397. The number of hydrogen-bond acceptors (Lipinski definition) is 4. The summed E-state index contributed by atoms with van der Waals surface area (Å²) >= 11 is 0. The second-order valence-electron chi connectivity index (χ2n) is 3.11. The molecule has 1 saturated heterocycles. The number of rotatable bonds is 3. The van der Waals surface area contributed by atoms with Crippen LogP contribution in [0.2, 0.25) is 0 Å². The van der Waals surface area contributed by atoms with Crippen molar-refractivity contribution in [2.75, 3.05) is 13.2 Å². The van der Waals surface area contributed by atoms with Gasteiger partial charge < -0.3 is 14.3 Å². The normalized spacial score (nSPS) is 15.5. The van der Waals surface area contributed by atoms with E-state index >= 15 is 0 Å². The Morgan fingerprint density at radius 2 is 2.33 bits per heavy atom. The number of ether oxygens (including phenoxy) is 1. The van der Waals surface area contributed by atoms with Crippen molar-refractivity contribution in [3.05, 3.63) is 23.7 Å². The molecule has 1 aliphatic rings. The van der Waals surface area contributed by atoms with Crippen LogP contribution in [0.15, 0.2) is 16.5 Å². The molecule has 1 fully saturated rings. The number of cyclic esters (lactones) is 1. The van der Waals surface area contributed by atoms with E-state index in [0.29, 0.717) is 18.9 Å². The summed E-state index contributed by atoms with van der Waals surface area (Å²) in [4.78, 5) is 23.0. The Morgan fingerprint density at radius 3 is 2.87 bits per heavy atom. The third kappa shape index (κ3) is 1.93. The summed E-state index contributed by atoms with van der Waals surface area (Å²) in [5, 5.41) is 8.61. The van der Waals surface area contributed by atoms with Gasteiger partial charge in [0, 0.05) is 0 Å². The van der Waals surface area contributed by atoms with Gasteiger partial charge in [0.15, 0.2) is 0 Å². The number of hydrogen-bond donors (Lipinski definition) is 1. The lowest BCUT2D eigenvalue weighted by atomic mass is 10.4. The number of aromatic carboxylic acids is 1. The lowest BCUT2D eigenvalue weighted by molar-refractivity contribution is 0.0659. The molecule has 0 bridgehead atoms. The number of carboxylic acids is 1. The van der Waals surface area contributed by atoms with Crippen molar-refractivity contribution in [2.24, 2.45) is 0 Å². The van der Waals surface area contributed by atoms with Crippen LogP contribution in [-0.2, 0) is 11.3 Å². The number of carbonyl (C=O) groups excluding carboxylic acids is 1. The number of furan rings is 1. The van der Waals surface area contributed by atoms with E-state index in [1.165, 1.54) is 17.0 Å². The molecule has 6 nitrogen and oxygen atoms in total. The van der Waals surface area contributed by atoms with Crippen LogP contribution < -0.4 is 0 Å². The number of amides is 1. The fourth-order valence-corrected chi connectivity index (χ4v) is 1.34. The average Bonchev–Trinajstić information content (AvgIpc) is 2.77. The molecule has 0 aliphatic carbocycles. The Balaban J connectivity index is 2.04. The quantitative estimate of drug-likeness (QED) is 0.804. The van der Waals surface area contributed by atoms with Crippen molar-refractivity contribution < 1.29 is 23.8 Å². The molecule has 0 radical (unpaired) electrons. The van der Waals surface area contributed by atoms with Gasteiger partial charge in [0.25, 0.3) is 0 Å². The van der Waals surface area contributed by atoms with Gasteiger partial charge in [-0.25, -0.2) is 9.59 Å². The van der Waals surface area contributed by atoms with E-state index in [1.54, 1.807) is 0 Å². The first-order chi connectivity index (χ1) is 7.16. The third-order valence-corrected chi connectivity index (χ3v) is 2.06. The molecule has 80 valence electrons. The molecule has 2 heterocycles. The molecule has 1 aromatic heterocycles. The van der Waals surface area contributed by atoms with Crippen molar-refractivity contribution >= 4 is 12.1 Å². The van der Waals surface area contributed by atoms with Crippen molar-refractivity contribution in [3.63, 3.8) is 0 Å². The van der Waals surface area contributed by atoms with E-state index in [0.717, 1.165) is 0 Å². The summed E-state index contributed by atoms with van der Waals surface area (Å²) in [5.41, 5.74) is 0. The predicted octanol–water partition coefficient (Wildman–Crippen LogP) is 0.930. The standard InChI is InChI=1S/C9H9NO5/c11-8(12)7-2-1-6(15-7)5-10-3-4-14-9(10)13/h1-2H,3-5H2,(H,11,12). The van der Waals surface area contributed by atoms with Crippen LogP contribution in [0.1, 0.15) is 16.3 Å². The zero-order chi connectivity index (χ0) is 10.8. The maximum absolute atomic E-state index is 11.1. The number of carboxylic acid groups (broad SMARTS) is 1. The first kappa shape index (κ1) is 9.57. The lowest BCUT2D eigenvalue weighted by Gasteiger charge is -2.09. The van der Waals surface area contributed by atoms with Gasteiger partial charge in [-0.3, -0.25) is 4.90 Å². The summed E-state index contributed by atoms with van der Waals surface area (Å²) in [7, 11) is 0. The molecular weight excluding hydrogens is 202 g/mol. The average molecular weight is 211 g/mol. The van der Waals surface area contributed by atoms with Crippen molar-refractivity contribution in [1.29, 1.82) is 0 Å². The monoisotopic (exact) mass is 211 g/mol. The predicted molar refractivity (Wildman–Crippen MR) is 47.4 cm³/mol. The number of carbonyl (C=O) groups is 2. The zero-order valence-corrected chi connectivity index (χ0v) is 7.80. The summed E-state index contributed by atoms with van der Waals surface area (Å²) in [5.74, 6) is -0.811. The fraction of sp³-hybridized carbons (Fsp3) is 0.333.